The van der Waals surface area contributed by atoms with Gasteiger partial charge in [0.15, 0.2) is 16.7 Å². The number of thiocarbonyl (C=S) groups is 1. The lowest BCUT2D eigenvalue weighted by Crippen LogP contribution is -2.38. The lowest BCUT2D eigenvalue weighted by atomic mass is 9.90. The zero-order valence-electron chi connectivity index (χ0n) is 13.8. The van der Waals surface area contributed by atoms with Gasteiger partial charge in [-0.3, -0.25) is 4.79 Å². The number of hydrogen-bond acceptors (Lipinski definition) is 4. The number of aromatic hydroxyl groups is 1. The monoisotopic (exact) mass is 363 g/mol. The summed E-state index contributed by atoms with van der Waals surface area (Å²) in [6, 6.07) is 22.1. The second-order valence-electron chi connectivity index (χ2n) is 5.57. The van der Waals surface area contributed by atoms with Crippen LogP contribution in [0.2, 0.25) is 0 Å². The number of anilines is 1. The number of nitrogens with one attached hydrogen (secondary N) is 2. The van der Waals surface area contributed by atoms with Gasteiger partial charge in [-0.15, -0.1) is 0 Å². The van der Waals surface area contributed by atoms with Crippen LogP contribution >= 0.6 is 12.2 Å². The molecule has 1 amide bonds. The number of carbonyl (C=O) groups is 1. The summed E-state index contributed by atoms with van der Waals surface area (Å²) in [6.07, 6.45) is 1.52. The average molecular weight is 363 g/mol. The molecule has 0 aliphatic heterocycles. The molecule has 1 aromatic heterocycles. The molecule has 6 heteroatoms. The van der Waals surface area contributed by atoms with Crippen LogP contribution in [0.5, 0.6) is 5.75 Å². The maximum absolute atomic E-state index is 12.9. The molecule has 0 unspecified atom stereocenters. The molecule has 0 aliphatic rings. The highest BCUT2D eigenvalue weighted by Gasteiger charge is 2.23. The van der Waals surface area contributed by atoms with Gasteiger partial charge in [0, 0.05) is 6.20 Å². The minimum absolute atomic E-state index is 0.0493. The number of nitrogens with zero attached hydrogens (tertiary/aromatic N) is 1. The van der Waals surface area contributed by atoms with E-state index in [1.54, 1.807) is 6.07 Å². The Morgan fingerprint density at radius 3 is 2.04 bits per heavy atom. The van der Waals surface area contributed by atoms with Crippen molar-refractivity contribution in [1.29, 1.82) is 0 Å². The van der Waals surface area contributed by atoms with Crippen molar-refractivity contribution in [3.63, 3.8) is 0 Å². The Balaban J connectivity index is 1.80. The topological polar surface area (TPSA) is 74.2 Å². The third-order valence-corrected chi connectivity index (χ3v) is 3.99. The smallest absolute Gasteiger partial charge is 0.238 e. The Morgan fingerprint density at radius 1 is 0.923 bits per heavy atom. The average Bonchev–Trinajstić information content (AvgIpc) is 2.65. The Hall–Kier alpha value is -3.25. The molecular weight excluding hydrogens is 346 g/mol. The first-order chi connectivity index (χ1) is 12.6. The minimum Gasteiger partial charge on any atom is -0.504 e. The van der Waals surface area contributed by atoms with Gasteiger partial charge in [-0.05, 0) is 35.5 Å². The van der Waals surface area contributed by atoms with Crippen molar-refractivity contribution in [3.05, 3.63) is 90.1 Å². The van der Waals surface area contributed by atoms with Gasteiger partial charge < -0.3 is 15.7 Å². The number of hydrogen-bond donors (Lipinski definition) is 3. The first kappa shape index (κ1) is 17.6. The van der Waals surface area contributed by atoms with Crippen LogP contribution in [0.15, 0.2) is 79.0 Å². The maximum Gasteiger partial charge on any atom is 0.238 e. The molecule has 0 atom stereocenters. The molecule has 3 N–H and O–H groups in total. The molecule has 3 aromatic rings. The first-order valence-electron chi connectivity index (χ1n) is 8.01. The number of carbonyl (C=O) groups excluding carboxylic acids is 1. The maximum atomic E-state index is 12.9. The Morgan fingerprint density at radius 2 is 1.50 bits per heavy atom. The van der Waals surface area contributed by atoms with E-state index in [-0.39, 0.29) is 22.6 Å². The lowest BCUT2D eigenvalue weighted by Gasteiger charge is -2.18. The molecule has 26 heavy (non-hydrogen) atoms. The largest absolute Gasteiger partial charge is 0.504 e. The predicted molar refractivity (Wildman–Crippen MR) is 105 cm³/mol. The van der Waals surface area contributed by atoms with Gasteiger partial charge in [0.2, 0.25) is 5.91 Å². The van der Waals surface area contributed by atoms with E-state index in [0.717, 1.165) is 11.1 Å². The SMILES string of the molecule is O=C(NC(=S)Nc1ncccc1O)C(c1ccccc1)c1ccccc1. The van der Waals surface area contributed by atoms with Crippen molar-refractivity contribution in [1.82, 2.24) is 10.3 Å². The zero-order valence-corrected chi connectivity index (χ0v) is 14.6. The van der Waals surface area contributed by atoms with Crippen LogP contribution in [-0.2, 0) is 4.79 Å². The fourth-order valence-electron chi connectivity index (χ4n) is 2.60. The normalized spacial score (nSPS) is 10.3. The number of aromatic nitrogens is 1. The standard InChI is InChI=1S/C20H17N3O2S/c24-16-12-7-13-21-18(16)22-20(26)23-19(25)17(14-8-3-1-4-9-14)15-10-5-2-6-11-15/h1-13,17,24H,(H2,21,22,23,25,26). The fraction of sp³-hybridized carbons (Fsp3) is 0.0500. The number of rotatable bonds is 4. The molecule has 0 spiro atoms. The third-order valence-electron chi connectivity index (χ3n) is 3.78. The number of pyridine rings is 1. The summed E-state index contributed by atoms with van der Waals surface area (Å²) in [5.74, 6) is -0.634. The Labute approximate surface area is 156 Å². The summed E-state index contributed by atoms with van der Waals surface area (Å²) in [5.41, 5.74) is 1.72. The molecule has 130 valence electrons. The van der Waals surface area contributed by atoms with Gasteiger partial charge in [-0.1, -0.05) is 60.7 Å². The molecule has 0 saturated carbocycles. The van der Waals surface area contributed by atoms with Crippen LogP contribution in [0.4, 0.5) is 5.82 Å². The highest BCUT2D eigenvalue weighted by atomic mass is 32.1. The van der Waals surface area contributed by atoms with Crippen LogP contribution in [0.25, 0.3) is 0 Å². The highest BCUT2D eigenvalue weighted by molar-refractivity contribution is 7.80. The van der Waals surface area contributed by atoms with Crippen LogP contribution in [0.3, 0.4) is 0 Å². The molecule has 2 aromatic carbocycles. The third kappa shape index (κ3) is 4.23. The zero-order chi connectivity index (χ0) is 18.4. The van der Waals surface area contributed by atoms with Gasteiger partial charge in [0.05, 0.1) is 5.92 Å². The summed E-state index contributed by atoms with van der Waals surface area (Å²) in [7, 11) is 0. The molecule has 5 nitrogen and oxygen atoms in total. The van der Waals surface area contributed by atoms with Crippen molar-refractivity contribution in [2.24, 2.45) is 0 Å². The van der Waals surface area contributed by atoms with E-state index >= 15 is 0 Å². The minimum atomic E-state index is -0.505. The lowest BCUT2D eigenvalue weighted by molar-refractivity contribution is -0.120. The van der Waals surface area contributed by atoms with Gasteiger partial charge >= 0.3 is 0 Å². The van der Waals surface area contributed by atoms with Crippen LogP contribution in [0.1, 0.15) is 17.0 Å². The van der Waals surface area contributed by atoms with Crippen molar-refractivity contribution in [2.45, 2.75) is 5.92 Å². The molecule has 0 aliphatic carbocycles. The number of amides is 1. The summed E-state index contributed by atoms with van der Waals surface area (Å²) in [6.45, 7) is 0. The van der Waals surface area contributed by atoms with E-state index in [9.17, 15) is 9.90 Å². The van der Waals surface area contributed by atoms with Crippen molar-refractivity contribution in [3.8, 4) is 5.75 Å². The summed E-state index contributed by atoms with van der Waals surface area (Å²) < 4.78 is 0. The fourth-order valence-corrected chi connectivity index (χ4v) is 2.80. The van der Waals surface area contributed by atoms with Crippen molar-refractivity contribution < 1.29 is 9.90 Å². The van der Waals surface area contributed by atoms with Crippen LogP contribution in [-0.4, -0.2) is 21.1 Å². The van der Waals surface area contributed by atoms with E-state index in [4.69, 9.17) is 12.2 Å². The highest BCUT2D eigenvalue weighted by Crippen LogP contribution is 2.25. The second kappa shape index (κ2) is 8.22. The molecule has 0 radical (unpaired) electrons. The molecular formula is C20H17N3O2S. The predicted octanol–water partition coefficient (Wildman–Crippen LogP) is 3.43. The quantitative estimate of drug-likeness (QED) is 0.619. The van der Waals surface area contributed by atoms with E-state index in [1.165, 1.54) is 12.3 Å². The van der Waals surface area contributed by atoms with Gasteiger partial charge in [0.1, 0.15) is 0 Å². The van der Waals surface area contributed by atoms with Crippen LogP contribution < -0.4 is 10.6 Å². The van der Waals surface area contributed by atoms with Gasteiger partial charge in [-0.25, -0.2) is 4.98 Å². The molecule has 0 saturated heterocycles. The summed E-state index contributed by atoms with van der Waals surface area (Å²) >= 11 is 5.20. The molecule has 0 fully saturated rings. The Kier molecular flexibility index (Phi) is 5.56. The van der Waals surface area contributed by atoms with E-state index in [2.05, 4.69) is 15.6 Å². The van der Waals surface area contributed by atoms with Gasteiger partial charge in [-0.2, -0.15) is 0 Å². The van der Waals surface area contributed by atoms with Crippen molar-refractivity contribution in [2.75, 3.05) is 5.32 Å². The van der Waals surface area contributed by atoms with Crippen molar-refractivity contribution >= 4 is 29.1 Å². The molecule has 3 rings (SSSR count). The second-order valence-corrected chi connectivity index (χ2v) is 5.98. The summed E-state index contributed by atoms with van der Waals surface area (Å²) in [4.78, 5) is 16.9. The van der Waals surface area contributed by atoms with Gasteiger partial charge in [0.25, 0.3) is 0 Å². The molecule has 0 bridgehead atoms. The van der Waals surface area contributed by atoms with E-state index < -0.39 is 5.92 Å². The molecule has 1 heterocycles. The van der Waals surface area contributed by atoms with E-state index in [1.807, 2.05) is 60.7 Å². The first-order valence-corrected chi connectivity index (χ1v) is 8.41. The van der Waals surface area contributed by atoms with E-state index in [0.29, 0.717) is 0 Å². The number of benzene rings is 2. The van der Waals surface area contributed by atoms with Crippen LogP contribution in [0, 0.1) is 0 Å². The summed E-state index contributed by atoms with van der Waals surface area (Å²) in [5, 5.41) is 15.3. The Bertz CT molecular complexity index is 862.